The third-order valence-corrected chi connectivity index (χ3v) is 1.66. The fourth-order valence-corrected chi connectivity index (χ4v) is 1.17. The Morgan fingerprint density at radius 2 is 1.91 bits per heavy atom. The van der Waals surface area contributed by atoms with Gasteiger partial charge in [0.1, 0.15) is 11.6 Å². The van der Waals surface area contributed by atoms with Gasteiger partial charge in [-0.15, -0.1) is 0 Å². The van der Waals surface area contributed by atoms with Gasteiger partial charge in [0.2, 0.25) is 0 Å². The first-order valence-corrected chi connectivity index (χ1v) is 3.28. The molecule has 0 amide bonds. The van der Waals surface area contributed by atoms with Crippen molar-refractivity contribution >= 4 is 6.08 Å². The van der Waals surface area contributed by atoms with Crippen LogP contribution in [-0.4, -0.2) is 0 Å². The van der Waals surface area contributed by atoms with Crippen molar-refractivity contribution in [3.63, 3.8) is 0 Å². The minimum Gasteiger partial charge on any atom is -0.207 e. The standard InChI is InChI=1S/C9H5F2/c10-7-4-6-2-1-3-8(6)9(11)5-7/h1-5H. The van der Waals surface area contributed by atoms with Gasteiger partial charge in [-0.05, 0) is 11.6 Å². The molecule has 1 aromatic carbocycles. The van der Waals surface area contributed by atoms with E-state index in [9.17, 15) is 8.78 Å². The van der Waals surface area contributed by atoms with Crippen LogP contribution in [0.5, 0.6) is 0 Å². The van der Waals surface area contributed by atoms with Gasteiger partial charge in [0.05, 0.1) is 0 Å². The molecule has 0 unspecified atom stereocenters. The summed E-state index contributed by atoms with van der Waals surface area (Å²) in [6.45, 7) is 0. The lowest BCUT2D eigenvalue weighted by atomic mass is 10.1. The Bertz CT molecular complexity index is 327. The van der Waals surface area contributed by atoms with Crippen LogP contribution in [0.15, 0.2) is 18.2 Å². The molecule has 0 aromatic heterocycles. The Balaban J connectivity index is 2.66. The van der Waals surface area contributed by atoms with Crippen molar-refractivity contribution in [3.05, 3.63) is 47.4 Å². The maximum Gasteiger partial charge on any atom is 0.130 e. The zero-order valence-electron chi connectivity index (χ0n) is 5.64. The molecule has 1 aromatic rings. The van der Waals surface area contributed by atoms with Crippen LogP contribution in [-0.2, 0) is 0 Å². The van der Waals surface area contributed by atoms with Crippen LogP contribution in [0.25, 0.3) is 6.08 Å². The Morgan fingerprint density at radius 1 is 1.09 bits per heavy atom. The molecule has 1 aliphatic carbocycles. The normalized spacial score (nSPS) is 13.6. The zero-order chi connectivity index (χ0) is 7.84. The Labute approximate surface area is 63.2 Å². The van der Waals surface area contributed by atoms with Crippen LogP contribution in [0.2, 0.25) is 0 Å². The second-order valence-corrected chi connectivity index (χ2v) is 2.42. The van der Waals surface area contributed by atoms with Gasteiger partial charge in [-0.2, -0.15) is 0 Å². The van der Waals surface area contributed by atoms with Crippen molar-refractivity contribution in [2.24, 2.45) is 0 Å². The lowest BCUT2D eigenvalue weighted by Gasteiger charge is -1.99. The lowest BCUT2D eigenvalue weighted by Crippen LogP contribution is -1.88. The van der Waals surface area contributed by atoms with E-state index in [2.05, 4.69) is 0 Å². The first-order valence-electron chi connectivity index (χ1n) is 3.28. The van der Waals surface area contributed by atoms with Gasteiger partial charge in [-0.3, -0.25) is 0 Å². The first-order chi connectivity index (χ1) is 5.27. The first kappa shape index (κ1) is 6.53. The summed E-state index contributed by atoms with van der Waals surface area (Å²) in [6.07, 6.45) is 5.01. The van der Waals surface area contributed by atoms with E-state index in [1.807, 2.05) is 0 Å². The number of hydrogen-bond acceptors (Lipinski definition) is 0. The largest absolute Gasteiger partial charge is 0.207 e. The summed E-state index contributed by atoms with van der Waals surface area (Å²) in [5.74, 6) is -1.02. The highest BCUT2D eigenvalue weighted by atomic mass is 19.1. The third kappa shape index (κ3) is 0.946. The Morgan fingerprint density at radius 3 is 2.73 bits per heavy atom. The molecule has 0 fully saturated rings. The smallest absolute Gasteiger partial charge is 0.130 e. The summed E-state index contributed by atoms with van der Waals surface area (Å²) < 4.78 is 25.4. The van der Waals surface area contributed by atoms with E-state index < -0.39 is 11.6 Å². The molecule has 0 N–H and O–H groups in total. The molecule has 0 aliphatic heterocycles. The average Bonchev–Trinajstić information content (AvgIpc) is 2.34. The van der Waals surface area contributed by atoms with Crippen molar-refractivity contribution in [2.45, 2.75) is 0 Å². The minimum atomic E-state index is -0.527. The highest BCUT2D eigenvalue weighted by Gasteiger charge is 2.11. The number of allylic oxidation sites excluding steroid dienone is 1. The summed E-state index contributed by atoms with van der Waals surface area (Å²) >= 11 is 0. The fraction of sp³-hybridized carbons (Fsp3) is 0. The van der Waals surface area contributed by atoms with Crippen LogP contribution in [0.1, 0.15) is 11.1 Å². The molecule has 11 heavy (non-hydrogen) atoms. The van der Waals surface area contributed by atoms with E-state index in [4.69, 9.17) is 0 Å². The highest BCUT2D eigenvalue weighted by Crippen LogP contribution is 2.24. The topological polar surface area (TPSA) is 0 Å². The summed E-state index contributed by atoms with van der Waals surface area (Å²) in [4.78, 5) is 0. The van der Waals surface area contributed by atoms with E-state index in [0.29, 0.717) is 11.1 Å². The highest BCUT2D eigenvalue weighted by molar-refractivity contribution is 5.65. The molecule has 2 rings (SSSR count). The molecule has 0 heterocycles. The van der Waals surface area contributed by atoms with E-state index in [-0.39, 0.29) is 0 Å². The second-order valence-electron chi connectivity index (χ2n) is 2.42. The maximum atomic E-state index is 12.8. The van der Waals surface area contributed by atoms with Crippen molar-refractivity contribution in [1.82, 2.24) is 0 Å². The summed E-state index contributed by atoms with van der Waals surface area (Å²) in [6, 6.07) is 2.21. The molecule has 1 aliphatic rings. The SMILES string of the molecule is Fc1cc(F)c2c(c1)C=C[CH]2. The molecule has 2 heteroatoms. The summed E-state index contributed by atoms with van der Waals surface area (Å²) in [5, 5.41) is 0. The number of rotatable bonds is 0. The second kappa shape index (κ2) is 2.16. The fourth-order valence-electron chi connectivity index (χ4n) is 1.17. The number of benzene rings is 1. The quantitative estimate of drug-likeness (QED) is 0.534. The molecular weight excluding hydrogens is 146 g/mol. The third-order valence-electron chi connectivity index (χ3n) is 1.66. The van der Waals surface area contributed by atoms with Crippen LogP contribution in [0.4, 0.5) is 8.78 Å². The monoisotopic (exact) mass is 151 g/mol. The van der Waals surface area contributed by atoms with E-state index in [0.717, 1.165) is 6.07 Å². The van der Waals surface area contributed by atoms with Crippen molar-refractivity contribution in [1.29, 1.82) is 0 Å². The molecule has 0 atom stereocenters. The van der Waals surface area contributed by atoms with E-state index in [1.54, 1.807) is 18.6 Å². The maximum absolute atomic E-state index is 12.8. The Hall–Kier alpha value is -1.18. The van der Waals surface area contributed by atoms with Crippen molar-refractivity contribution in [2.75, 3.05) is 0 Å². The van der Waals surface area contributed by atoms with E-state index >= 15 is 0 Å². The van der Waals surface area contributed by atoms with Crippen LogP contribution in [0, 0.1) is 18.1 Å². The van der Waals surface area contributed by atoms with Gasteiger partial charge in [0, 0.05) is 18.1 Å². The lowest BCUT2D eigenvalue weighted by molar-refractivity contribution is 0.579. The van der Waals surface area contributed by atoms with Gasteiger partial charge >= 0.3 is 0 Å². The molecule has 0 saturated heterocycles. The molecule has 0 bridgehead atoms. The predicted octanol–water partition coefficient (Wildman–Crippen LogP) is 2.54. The van der Waals surface area contributed by atoms with Gasteiger partial charge < -0.3 is 0 Å². The van der Waals surface area contributed by atoms with Crippen LogP contribution >= 0.6 is 0 Å². The minimum absolute atomic E-state index is 0.478. The van der Waals surface area contributed by atoms with Gasteiger partial charge in [-0.1, -0.05) is 12.2 Å². The number of hydrogen-bond donors (Lipinski definition) is 0. The number of fused-ring (bicyclic) bond motifs is 1. The molecule has 0 nitrogen and oxygen atoms in total. The van der Waals surface area contributed by atoms with Gasteiger partial charge in [0.25, 0.3) is 0 Å². The van der Waals surface area contributed by atoms with Gasteiger partial charge in [0.15, 0.2) is 0 Å². The van der Waals surface area contributed by atoms with Crippen LogP contribution < -0.4 is 0 Å². The van der Waals surface area contributed by atoms with E-state index in [1.165, 1.54) is 6.07 Å². The average molecular weight is 151 g/mol. The zero-order valence-corrected chi connectivity index (χ0v) is 5.64. The predicted molar refractivity (Wildman–Crippen MR) is 38.8 cm³/mol. The van der Waals surface area contributed by atoms with Crippen LogP contribution in [0.3, 0.4) is 0 Å². The molecule has 0 saturated carbocycles. The Kier molecular flexibility index (Phi) is 1.28. The van der Waals surface area contributed by atoms with Gasteiger partial charge in [-0.25, -0.2) is 8.78 Å². The summed E-state index contributed by atoms with van der Waals surface area (Å²) in [5.41, 5.74) is 1.09. The van der Waals surface area contributed by atoms with Crippen molar-refractivity contribution < 1.29 is 8.78 Å². The van der Waals surface area contributed by atoms with Crippen molar-refractivity contribution in [3.8, 4) is 0 Å². The molecular formula is C9H5F2. The number of halogens is 2. The summed E-state index contributed by atoms with van der Waals surface area (Å²) in [7, 11) is 0. The molecule has 1 radical (unpaired) electrons. The molecule has 0 spiro atoms. The molecule has 55 valence electrons.